The van der Waals surface area contributed by atoms with Crippen LogP contribution < -0.4 is 5.32 Å². The summed E-state index contributed by atoms with van der Waals surface area (Å²) in [4.78, 5) is 0. The Morgan fingerprint density at radius 1 is 1.50 bits per heavy atom. The van der Waals surface area contributed by atoms with Crippen LogP contribution in [0.25, 0.3) is 0 Å². The van der Waals surface area contributed by atoms with Crippen molar-refractivity contribution >= 4 is 0 Å². The average molecular weight is 139 g/mol. The van der Waals surface area contributed by atoms with Crippen molar-refractivity contribution < 1.29 is 5.11 Å². The molecule has 2 heteroatoms. The maximum Gasteiger partial charge on any atom is 0.0848 e. The third kappa shape index (κ3) is 0.796. The molecule has 0 saturated carbocycles. The molecular formula is C8H13NO. The number of fused-ring (bicyclic) bond motifs is 1. The highest BCUT2D eigenvalue weighted by molar-refractivity contribution is 5.07. The fourth-order valence-electron chi connectivity index (χ4n) is 1.89. The number of allylic oxidation sites excluding steroid dienone is 1. The monoisotopic (exact) mass is 139 g/mol. The Morgan fingerprint density at radius 3 is 3.20 bits per heavy atom. The molecule has 1 aliphatic heterocycles. The van der Waals surface area contributed by atoms with Crippen molar-refractivity contribution in [2.24, 2.45) is 5.92 Å². The van der Waals surface area contributed by atoms with Crippen LogP contribution in [0, 0.1) is 5.92 Å². The lowest BCUT2D eigenvalue weighted by atomic mass is 9.82. The van der Waals surface area contributed by atoms with Gasteiger partial charge >= 0.3 is 0 Å². The van der Waals surface area contributed by atoms with Gasteiger partial charge in [-0.3, -0.25) is 0 Å². The molecule has 0 amide bonds. The molecule has 2 aliphatic rings. The summed E-state index contributed by atoms with van der Waals surface area (Å²) < 4.78 is 0. The van der Waals surface area contributed by atoms with Crippen LogP contribution in [0.3, 0.4) is 0 Å². The smallest absolute Gasteiger partial charge is 0.0848 e. The van der Waals surface area contributed by atoms with Crippen LogP contribution in [0.15, 0.2) is 12.2 Å². The summed E-state index contributed by atoms with van der Waals surface area (Å²) in [5.41, 5.74) is -0.408. The minimum atomic E-state index is -0.408. The lowest BCUT2D eigenvalue weighted by Gasteiger charge is -2.29. The van der Waals surface area contributed by atoms with E-state index in [1.165, 1.54) is 0 Å². The fourth-order valence-corrected chi connectivity index (χ4v) is 1.89. The van der Waals surface area contributed by atoms with Crippen LogP contribution in [0.5, 0.6) is 0 Å². The lowest BCUT2D eigenvalue weighted by Crippen LogP contribution is -2.38. The minimum absolute atomic E-state index is 0.408. The fraction of sp³-hybridized carbons (Fsp3) is 0.750. The Labute approximate surface area is 60.9 Å². The van der Waals surface area contributed by atoms with Crippen LogP contribution in [0.2, 0.25) is 0 Å². The Hall–Kier alpha value is -0.340. The standard InChI is InChI=1S/C8H13NO/c10-8-4-2-1-3-7(8)5-9-6-8/h1-2,7,9-10H,3-6H2. The zero-order chi connectivity index (χ0) is 7.03. The van der Waals surface area contributed by atoms with E-state index in [4.69, 9.17) is 0 Å². The number of aliphatic hydroxyl groups is 1. The Balaban J connectivity index is 2.20. The molecule has 10 heavy (non-hydrogen) atoms. The second-order valence-corrected chi connectivity index (χ2v) is 3.34. The molecule has 1 aliphatic carbocycles. The molecule has 2 unspecified atom stereocenters. The zero-order valence-corrected chi connectivity index (χ0v) is 6.01. The van der Waals surface area contributed by atoms with Gasteiger partial charge < -0.3 is 10.4 Å². The lowest BCUT2D eigenvalue weighted by molar-refractivity contribution is 0.0166. The molecule has 2 nitrogen and oxygen atoms in total. The molecule has 2 rings (SSSR count). The molecule has 1 fully saturated rings. The Morgan fingerprint density at radius 2 is 2.40 bits per heavy atom. The normalized spacial score (nSPS) is 45.5. The van der Waals surface area contributed by atoms with Crippen LogP contribution in [-0.4, -0.2) is 23.8 Å². The third-order valence-electron chi connectivity index (χ3n) is 2.64. The maximum absolute atomic E-state index is 9.90. The summed E-state index contributed by atoms with van der Waals surface area (Å²) in [6.45, 7) is 1.77. The van der Waals surface area contributed by atoms with Gasteiger partial charge in [-0.2, -0.15) is 0 Å². The molecule has 0 spiro atoms. The molecule has 0 radical (unpaired) electrons. The van der Waals surface area contributed by atoms with E-state index in [9.17, 15) is 5.11 Å². The molecule has 56 valence electrons. The highest BCUT2D eigenvalue weighted by atomic mass is 16.3. The number of hydrogen-bond donors (Lipinski definition) is 2. The first-order chi connectivity index (χ1) is 4.81. The van der Waals surface area contributed by atoms with E-state index < -0.39 is 5.60 Å². The van der Waals surface area contributed by atoms with Crippen molar-refractivity contribution in [2.75, 3.05) is 13.1 Å². The molecule has 0 bridgehead atoms. The van der Waals surface area contributed by atoms with E-state index in [1.807, 2.05) is 0 Å². The first-order valence-electron chi connectivity index (χ1n) is 3.89. The summed E-state index contributed by atoms with van der Waals surface area (Å²) in [5.74, 6) is 0.470. The first kappa shape index (κ1) is 6.38. The van der Waals surface area contributed by atoms with E-state index in [0.29, 0.717) is 5.92 Å². The van der Waals surface area contributed by atoms with Crippen molar-refractivity contribution in [3.63, 3.8) is 0 Å². The SMILES string of the molecule is OC12CC=CCC1CNC2. The molecular weight excluding hydrogens is 126 g/mol. The van der Waals surface area contributed by atoms with Gasteiger partial charge in [-0.15, -0.1) is 0 Å². The van der Waals surface area contributed by atoms with Crippen molar-refractivity contribution in [1.29, 1.82) is 0 Å². The Bertz CT molecular complexity index is 167. The molecule has 0 aromatic heterocycles. The Kier molecular flexibility index (Phi) is 1.32. The van der Waals surface area contributed by atoms with E-state index in [1.54, 1.807) is 0 Å². The molecule has 0 aromatic carbocycles. The summed E-state index contributed by atoms with van der Waals surface area (Å²) in [6.07, 6.45) is 6.14. The number of hydrogen-bond acceptors (Lipinski definition) is 2. The molecule has 1 saturated heterocycles. The number of rotatable bonds is 0. The van der Waals surface area contributed by atoms with Gasteiger partial charge in [-0.05, 0) is 12.8 Å². The first-order valence-corrected chi connectivity index (χ1v) is 3.89. The van der Waals surface area contributed by atoms with Crippen molar-refractivity contribution in [1.82, 2.24) is 5.32 Å². The molecule has 2 N–H and O–H groups in total. The van der Waals surface area contributed by atoms with Gasteiger partial charge in [0.2, 0.25) is 0 Å². The molecule has 2 atom stereocenters. The predicted octanol–water partition coefficient (Wildman–Crippen LogP) is 0.287. The van der Waals surface area contributed by atoms with Crippen LogP contribution in [0.1, 0.15) is 12.8 Å². The highest BCUT2D eigenvalue weighted by Gasteiger charge is 2.40. The van der Waals surface area contributed by atoms with Crippen molar-refractivity contribution in [3.05, 3.63) is 12.2 Å². The van der Waals surface area contributed by atoms with E-state index in [2.05, 4.69) is 17.5 Å². The van der Waals surface area contributed by atoms with Crippen LogP contribution in [0.4, 0.5) is 0 Å². The largest absolute Gasteiger partial charge is 0.388 e. The number of nitrogens with one attached hydrogen (secondary N) is 1. The van der Waals surface area contributed by atoms with E-state index >= 15 is 0 Å². The summed E-state index contributed by atoms with van der Waals surface area (Å²) in [6, 6.07) is 0. The topological polar surface area (TPSA) is 32.3 Å². The van der Waals surface area contributed by atoms with E-state index in [-0.39, 0.29) is 0 Å². The number of β-amino-alcohol motifs (C(OH)–C–C–N with tert-alkyl or cyclic N) is 1. The summed E-state index contributed by atoms with van der Waals surface area (Å²) >= 11 is 0. The van der Waals surface area contributed by atoms with Crippen LogP contribution >= 0.6 is 0 Å². The van der Waals surface area contributed by atoms with Gasteiger partial charge in [0.1, 0.15) is 0 Å². The van der Waals surface area contributed by atoms with Gasteiger partial charge in [0.05, 0.1) is 5.60 Å². The van der Waals surface area contributed by atoms with Gasteiger partial charge in [0, 0.05) is 19.0 Å². The van der Waals surface area contributed by atoms with Gasteiger partial charge in [-0.1, -0.05) is 12.2 Å². The van der Waals surface area contributed by atoms with Crippen molar-refractivity contribution in [3.8, 4) is 0 Å². The van der Waals surface area contributed by atoms with E-state index in [0.717, 1.165) is 25.9 Å². The quantitative estimate of drug-likeness (QED) is 0.473. The predicted molar refractivity (Wildman–Crippen MR) is 39.7 cm³/mol. The summed E-state index contributed by atoms with van der Waals surface area (Å²) in [7, 11) is 0. The zero-order valence-electron chi connectivity index (χ0n) is 6.01. The van der Waals surface area contributed by atoms with Gasteiger partial charge in [0.15, 0.2) is 0 Å². The minimum Gasteiger partial charge on any atom is -0.388 e. The molecule has 1 heterocycles. The maximum atomic E-state index is 9.90. The average Bonchev–Trinajstić information content (AvgIpc) is 2.29. The highest BCUT2D eigenvalue weighted by Crippen LogP contribution is 2.32. The second-order valence-electron chi connectivity index (χ2n) is 3.34. The second kappa shape index (κ2) is 2.07. The summed E-state index contributed by atoms with van der Waals surface area (Å²) in [5, 5.41) is 13.1. The third-order valence-corrected chi connectivity index (χ3v) is 2.64. The van der Waals surface area contributed by atoms with Gasteiger partial charge in [-0.25, -0.2) is 0 Å². The van der Waals surface area contributed by atoms with Gasteiger partial charge in [0.25, 0.3) is 0 Å². The van der Waals surface area contributed by atoms with Crippen LogP contribution in [-0.2, 0) is 0 Å². The van der Waals surface area contributed by atoms with Crippen molar-refractivity contribution in [2.45, 2.75) is 18.4 Å². The molecule has 0 aromatic rings.